The number of hydrogen-bond acceptors (Lipinski definition) is 9. The lowest BCUT2D eigenvalue weighted by atomic mass is 9.72. The van der Waals surface area contributed by atoms with Gasteiger partial charge in [0, 0.05) is 0 Å². The number of ether oxygens (including phenoxy) is 1. The van der Waals surface area contributed by atoms with Crippen LogP contribution in [0.5, 0.6) is 0 Å². The third-order valence-corrected chi connectivity index (χ3v) is 9.49. The number of piperidine rings is 1. The van der Waals surface area contributed by atoms with Gasteiger partial charge in [-0.1, -0.05) is 84.9 Å². The van der Waals surface area contributed by atoms with E-state index in [4.69, 9.17) is 9.84 Å². The molecule has 6 N–H and O–H groups in total. The highest BCUT2D eigenvalue weighted by Crippen LogP contribution is 2.42. The van der Waals surface area contributed by atoms with Crippen LogP contribution in [0.15, 0.2) is 84.9 Å². The Labute approximate surface area is 271 Å². The molecule has 0 radical (unpaired) electrons. The minimum atomic E-state index is -1.63. The van der Waals surface area contributed by atoms with Gasteiger partial charge in [-0.25, -0.2) is 0 Å². The van der Waals surface area contributed by atoms with E-state index < -0.39 is 54.6 Å². The van der Waals surface area contributed by atoms with E-state index in [-0.39, 0.29) is 5.92 Å². The Bertz CT molecular complexity index is 1300. The third-order valence-electron chi connectivity index (χ3n) is 9.49. The van der Waals surface area contributed by atoms with E-state index in [9.17, 15) is 30.3 Å². The lowest BCUT2D eigenvalue weighted by molar-refractivity contribution is -0.171. The molecule has 1 unspecified atom stereocenters. The van der Waals surface area contributed by atoms with Crippen molar-refractivity contribution >= 4 is 5.97 Å². The number of aliphatic hydroxyl groups is 6. The van der Waals surface area contributed by atoms with Gasteiger partial charge in [-0.3, -0.25) is 4.79 Å². The second-order valence-corrected chi connectivity index (χ2v) is 12.9. The highest BCUT2D eigenvalue weighted by molar-refractivity contribution is 5.82. The second kappa shape index (κ2) is 16.1. The van der Waals surface area contributed by atoms with Gasteiger partial charge >= 0.3 is 5.97 Å². The van der Waals surface area contributed by atoms with Gasteiger partial charge in [0.25, 0.3) is 0 Å². The van der Waals surface area contributed by atoms with Gasteiger partial charge < -0.3 is 40.3 Å². The molecule has 1 saturated heterocycles. The van der Waals surface area contributed by atoms with E-state index >= 15 is 0 Å². The number of likely N-dealkylation sites (tertiary alicyclic amines) is 1. The van der Waals surface area contributed by atoms with Crippen molar-refractivity contribution in [3.63, 3.8) is 0 Å². The third kappa shape index (κ3) is 8.22. The minimum Gasteiger partial charge on any atom is -0.456 e. The molecule has 9 heteroatoms. The Morgan fingerprint density at radius 2 is 1.37 bits per heavy atom. The molecule has 4 rings (SSSR count). The molecule has 9 nitrogen and oxygen atoms in total. The first-order valence-corrected chi connectivity index (χ1v) is 16.2. The molecule has 0 aliphatic carbocycles. The van der Waals surface area contributed by atoms with Crippen LogP contribution >= 0.6 is 0 Å². The van der Waals surface area contributed by atoms with Crippen molar-refractivity contribution in [2.75, 3.05) is 32.8 Å². The molecular formula is C37H49NO8. The first kappa shape index (κ1) is 35.7. The maximum absolute atomic E-state index is 12.9. The smallest absolute Gasteiger partial charge is 0.316 e. The van der Waals surface area contributed by atoms with Crippen molar-refractivity contribution in [1.29, 1.82) is 0 Å². The molecule has 0 amide bonds. The molecule has 0 aromatic heterocycles. The van der Waals surface area contributed by atoms with Gasteiger partial charge in [0.2, 0.25) is 0 Å². The van der Waals surface area contributed by atoms with E-state index in [0.717, 1.165) is 55.6 Å². The molecule has 4 atom stereocenters. The minimum absolute atomic E-state index is 0.0888. The maximum Gasteiger partial charge on any atom is 0.316 e. The zero-order valence-electron chi connectivity index (χ0n) is 26.8. The molecule has 250 valence electrons. The molecule has 1 fully saturated rings. The van der Waals surface area contributed by atoms with Crippen LogP contribution in [0.2, 0.25) is 0 Å². The largest absolute Gasteiger partial charge is 0.456 e. The van der Waals surface area contributed by atoms with Crippen LogP contribution < -0.4 is 0 Å². The van der Waals surface area contributed by atoms with E-state index in [1.54, 1.807) is 38.1 Å². The summed E-state index contributed by atoms with van der Waals surface area (Å²) in [4.78, 5) is 15.3. The number of carbonyl (C=O) groups is 1. The molecule has 46 heavy (non-hydrogen) atoms. The van der Waals surface area contributed by atoms with Crippen LogP contribution in [0.25, 0.3) is 0 Å². The molecule has 0 bridgehead atoms. The van der Waals surface area contributed by atoms with Crippen LogP contribution in [0.1, 0.15) is 67.9 Å². The van der Waals surface area contributed by atoms with Gasteiger partial charge in [0.15, 0.2) is 6.10 Å². The second-order valence-electron chi connectivity index (χ2n) is 12.9. The monoisotopic (exact) mass is 635 g/mol. The fraction of sp³-hybridized carbons (Fsp3) is 0.486. The van der Waals surface area contributed by atoms with Crippen LogP contribution in [-0.2, 0) is 20.5 Å². The highest BCUT2D eigenvalue weighted by Gasteiger charge is 2.41. The first-order valence-electron chi connectivity index (χ1n) is 16.2. The van der Waals surface area contributed by atoms with Crippen molar-refractivity contribution in [1.82, 2.24) is 4.90 Å². The Balaban J connectivity index is 1.28. The zero-order chi connectivity index (χ0) is 33.3. The van der Waals surface area contributed by atoms with E-state index in [1.165, 1.54) is 0 Å². The lowest BCUT2D eigenvalue weighted by Crippen LogP contribution is -2.46. The SMILES string of the molecule is CC(C)(C(=O)O[C@@H](CO)[C@@H](O)[C@H](O)CO)c1ccc(C(O)CCCN2CCC(C(O)(c3ccccc3)c3ccccc3)CC2)cc1. The Kier molecular flexibility index (Phi) is 12.5. The van der Waals surface area contributed by atoms with Crippen LogP contribution in [0, 0.1) is 5.92 Å². The van der Waals surface area contributed by atoms with E-state index in [2.05, 4.69) is 4.90 Å². The number of esters is 1. The quantitative estimate of drug-likeness (QED) is 0.139. The summed E-state index contributed by atoms with van der Waals surface area (Å²) < 4.78 is 5.28. The molecule has 3 aromatic rings. The molecule has 1 aliphatic rings. The number of hydrogen-bond donors (Lipinski definition) is 6. The fourth-order valence-corrected chi connectivity index (χ4v) is 6.37. The average Bonchev–Trinajstić information content (AvgIpc) is 3.10. The summed E-state index contributed by atoms with van der Waals surface area (Å²) in [5, 5.41) is 61.3. The Morgan fingerprint density at radius 1 is 0.826 bits per heavy atom. The lowest BCUT2D eigenvalue weighted by Gasteiger charge is -2.42. The number of rotatable bonds is 15. The van der Waals surface area contributed by atoms with Crippen LogP contribution in [-0.4, -0.2) is 92.7 Å². The summed E-state index contributed by atoms with van der Waals surface area (Å²) in [6.07, 6.45) is -2.14. The number of benzene rings is 3. The predicted octanol–water partition coefficient (Wildman–Crippen LogP) is 3.04. The Hall–Kier alpha value is -3.15. The standard InChI is InChI=1S/C37H49NO8/c1-36(2,35(44)46-33(25-40)34(43)32(42)24-39)27-17-15-26(16-18-27)31(41)14-9-21-38-22-19-30(20-23-38)37(45,28-10-5-3-6-11-28)29-12-7-4-8-13-29/h3-8,10-13,15-18,30-34,39-43,45H,9,14,19-25H2,1-2H3/t31?,32-,33+,34+/m1/s1. The summed E-state index contributed by atoms with van der Waals surface area (Å²) in [5.74, 6) is -0.621. The molecule has 0 spiro atoms. The van der Waals surface area contributed by atoms with Crippen molar-refractivity contribution in [2.45, 2.75) is 75.0 Å². The predicted molar refractivity (Wildman–Crippen MR) is 175 cm³/mol. The van der Waals surface area contributed by atoms with Crippen molar-refractivity contribution in [3.05, 3.63) is 107 Å². The maximum atomic E-state index is 12.9. The summed E-state index contributed by atoms with van der Waals surface area (Å²) in [6, 6.07) is 26.9. The number of carbonyl (C=O) groups excluding carboxylic acids is 1. The molecule has 3 aromatic carbocycles. The number of nitrogens with zero attached hydrogens (tertiary/aromatic N) is 1. The normalized spacial score (nSPS) is 17.7. The fourth-order valence-electron chi connectivity index (χ4n) is 6.37. The van der Waals surface area contributed by atoms with E-state index in [0.29, 0.717) is 12.0 Å². The average molecular weight is 636 g/mol. The van der Waals surface area contributed by atoms with Crippen molar-refractivity contribution < 1.29 is 40.2 Å². The topological polar surface area (TPSA) is 151 Å². The van der Waals surface area contributed by atoms with E-state index in [1.807, 2.05) is 60.7 Å². The summed E-state index contributed by atoms with van der Waals surface area (Å²) in [5.41, 5.74) is 1.00. The van der Waals surface area contributed by atoms with Gasteiger partial charge in [-0.15, -0.1) is 0 Å². The molecule has 1 heterocycles. The molecule has 0 saturated carbocycles. The zero-order valence-corrected chi connectivity index (χ0v) is 26.8. The van der Waals surface area contributed by atoms with Crippen molar-refractivity contribution in [2.24, 2.45) is 5.92 Å². The van der Waals surface area contributed by atoms with Gasteiger partial charge in [0.05, 0.1) is 24.7 Å². The molecular weight excluding hydrogens is 586 g/mol. The van der Waals surface area contributed by atoms with Gasteiger partial charge in [-0.05, 0) is 87.3 Å². The van der Waals surface area contributed by atoms with Crippen LogP contribution in [0.4, 0.5) is 0 Å². The van der Waals surface area contributed by atoms with Gasteiger partial charge in [-0.2, -0.15) is 0 Å². The summed E-state index contributed by atoms with van der Waals surface area (Å²) in [7, 11) is 0. The Morgan fingerprint density at radius 3 is 1.87 bits per heavy atom. The first-order chi connectivity index (χ1) is 22.0. The van der Waals surface area contributed by atoms with Gasteiger partial charge in [0.1, 0.15) is 17.8 Å². The van der Waals surface area contributed by atoms with Crippen molar-refractivity contribution in [3.8, 4) is 0 Å². The summed E-state index contributed by atoms with van der Waals surface area (Å²) in [6.45, 7) is 4.42. The highest BCUT2D eigenvalue weighted by atomic mass is 16.6. The molecule has 1 aliphatic heterocycles. The van der Waals surface area contributed by atoms with Crippen LogP contribution in [0.3, 0.4) is 0 Å². The summed E-state index contributed by atoms with van der Waals surface area (Å²) >= 11 is 0. The number of aliphatic hydroxyl groups excluding tert-OH is 5.